The maximum absolute atomic E-state index is 12.7. The molecule has 2 amide bonds. The van der Waals surface area contributed by atoms with Crippen LogP contribution < -0.4 is 0 Å². The molecule has 0 aliphatic carbocycles. The first-order valence-corrected chi connectivity index (χ1v) is 6.67. The predicted molar refractivity (Wildman–Crippen MR) is 64.5 cm³/mol. The van der Waals surface area contributed by atoms with Crippen molar-refractivity contribution >= 4 is 17.8 Å². The third-order valence-corrected chi connectivity index (χ3v) is 5.48. The molecular formula is C13H17NO6. The lowest BCUT2D eigenvalue weighted by atomic mass is 9.59. The normalized spacial score (nSPS) is 44.0. The van der Waals surface area contributed by atoms with E-state index in [9.17, 15) is 19.5 Å². The van der Waals surface area contributed by atoms with Crippen LogP contribution in [0.5, 0.6) is 0 Å². The van der Waals surface area contributed by atoms with Crippen LogP contribution in [0.3, 0.4) is 0 Å². The Morgan fingerprint density at radius 3 is 2.10 bits per heavy atom. The highest BCUT2D eigenvalue weighted by Gasteiger charge is 2.77. The monoisotopic (exact) mass is 283 g/mol. The van der Waals surface area contributed by atoms with Gasteiger partial charge < -0.3 is 14.9 Å². The Morgan fingerprint density at radius 2 is 1.75 bits per heavy atom. The Hall–Kier alpha value is -1.47. The highest BCUT2D eigenvalue weighted by atomic mass is 16.5. The predicted octanol–water partition coefficient (Wildman–Crippen LogP) is -0.625. The summed E-state index contributed by atoms with van der Waals surface area (Å²) in [5, 5.41) is 18.3. The summed E-state index contributed by atoms with van der Waals surface area (Å²) in [6, 6.07) is -1.52. The lowest BCUT2D eigenvalue weighted by Crippen LogP contribution is -2.50. The van der Waals surface area contributed by atoms with Crippen LogP contribution in [0.25, 0.3) is 0 Å². The number of imide groups is 1. The molecule has 3 aliphatic heterocycles. The summed E-state index contributed by atoms with van der Waals surface area (Å²) in [6.07, 6.45) is 0.681. The number of carbonyl (C=O) groups is 3. The molecule has 3 heterocycles. The molecule has 110 valence electrons. The average Bonchev–Trinajstić information content (AvgIpc) is 3.00. The van der Waals surface area contributed by atoms with Crippen LogP contribution in [0.15, 0.2) is 0 Å². The van der Waals surface area contributed by atoms with E-state index in [1.54, 1.807) is 13.8 Å². The first kappa shape index (κ1) is 13.5. The number of likely N-dealkylation sites (tertiary alicyclic amines) is 1. The Bertz CT molecular complexity index is 485. The van der Waals surface area contributed by atoms with Gasteiger partial charge in [-0.05, 0) is 26.7 Å². The molecular weight excluding hydrogens is 266 g/mol. The van der Waals surface area contributed by atoms with E-state index in [-0.39, 0.29) is 12.2 Å². The first-order chi connectivity index (χ1) is 9.30. The Kier molecular flexibility index (Phi) is 2.56. The third-order valence-electron chi connectivity index (χ3n) is 5.48. The molecule has 1 unspecified atom stereocenters. The maximum atomic E-state index is 12.7. The number of aliphatic carboxylic acids is 1. The van der Waals surface area contributed by atoms with Gasteiger partial charge in [0.2, 0.25) is 11.8 Å². The number of amides is 2. The molecule has 3 rings (SSSR count). The van der Waals surface area contributed by atoms with E-state index < -0.39 is 41.3 Å². The minimum atomic E-state index is -1.52. The molecule has 0 radical (unpaired) electrons. The lowest BCUT2D eigenvalue weighted by Gasteiger charge is -2.36. The standard InChI is InChI=1S/C13H17NO6/c1-12-7-3-4-8(20-7)13(12,2)11(19)14(10(12)18)6(5-15)9(16)17/h6-8,15H,3-5H2,1-2H3,(H,16,17)/t6?,7-,8+,12+,13-. The van der Waals surface area contributed by atoms with Crippen molar-refractivity contribution in [3.63, 3.8) is 0 Å². The van der Waals surface area contributed by atoms with Crippen molar-refractivity contribution in [1.29, 1.82) is 0 Å². The number of rotatable bonds is 3. The van der Waals surface area contributed by atoms with Gasteiger partial charge in [0.15, 0.2) is 6.04 Å². The number of aliphatic hydroxyl groups is 1. The smallest absolute Gasteiger partial charge is 0.329 e. The number of fused-ring (bicyclic) bond motifs is 5. The maximum Gasteiger partial charge on any atom is 0.329 e. The molecule has 0 saturated carbocycles. The second-order valence-corrected chi connectivity index (χ2v) is 6.11. The molecule has 20 heavy (non-hydrogen) atoms. The Morgan fingerprint density at radius 1 is 1.30 bits per heavy atom. The van der Waals surface area contributed by atoms with E-state index in [2.05, 4.69) is 0 Å². The molecule has 7 heteroatoms. The van der Waals surface area contributed by atoms with Crippen LogP contribution in [0.1, 0.15) is 26.7 Å². The van der Waals surface area contributed by atoms with Crippen LogP contribution in [-0.2, 0) is 19.1 Å². The minimum absolute atomic E-state index is 0.355. The van der Waals surface area contributed by atoms with Gasteiger partial charge in [0.05, 0.1) is 29.6 Å². The number of carboxylic acids is 1. The second-order valence-electron chi connectivity index (χ2n) is 6.11. The Labute approximate surface area is 115 Å². The molecule has 2 N–H and O–H groups in total. The van der Waals surface area contributed by atoms with Crippen molar-refractivity contribution in [1.82, 2.24) is 4.90 Å². The number of carbonyl (C=O) groups excluding carboxylic acids is 2. The number of hydrogen-bond acceptors (Lipinski definition) is 5. The van der Waals surface area contributed by atoms with Crippen molar-refractivity contribution in [2.75, 3.05) is 6.61 Å². The zero-order chi connectivity index (χ0) is 14.9. The van der Waals surface area contributed by atoms with Gasteiger partial charge in [0.25, 0.3) is 0 Å². The highest BCUT2D eigenvalue weighted by molar-refractivity contribution is 6.12. The summed E-state index contributed by atoms with van der Waals surface area (Å²) in [5.74, 6) is -2.47. The van der Waals surface area contributed by atoms with Gasteiger partial charge in [-0.15, -0.1) is 0 Å². The summed E-state index contributed by atoms with van der Waals surface area (Å²) < 4.78 is 5.73. The van der Waals surface area contributed by atoms with Gasteiger partial charge >= 0.3 is 5.97 Å². The zero-order valence-corrected chi connectivity index (χ0v) is 11.3. The SMILES string of the molecule is C[C@@]12C(=O)N(C(CO)C(=O)O)C(=O)[C@]1(C)[C@H]1CC[C@@H]2O1. The molecule has 0 aromatic rings. The molecule has 5 atom stereocenters. The number of nitrogens with zero attached hydrogens (tertiary/aromatic N) is 1. The van der Waals surface area contributed by atoms with Gasteiger partial charge in [0.1, 0.15) is 0 Å². The van der Waals surface area contributed by atoms with E-state index in [0.717, 1.165) is 4.90 Å². The van der Waals surface area contributed by atoms with E-state index in [0.29, 0.717) is 12.8 Å². The van der Waals surface area contributed by atoms with Gasteiger partial charge in [-0.3, -0.25) is 14.5 Å². The summed E-state index contributed by atoms with van der Waals surface area (Å²) in [4.78, 5) is 37.2. The van der Waals surface area contributed by atoms with Gasteiger partial charge in [-0.1, -0.05) is 0 Å². The minimum Gasteiger partial charge on any atom is -0.480 e. The van der Waals surface area contributed by atoms with Crippen molar-refractivity contribution in [2.45, 2.75) is 44.9 Å². The topological polar surface area (TPSA) is 104 Å². The van der Waals surface area contributed by atoms with E-state index >= 15 is 0 Å². The van der Waals surface area contributed by atoms with Crippen LogP contribution in [-0.4, -0.2) is 57.8 Å². The fourth-order valence-electron chi connectivity index (χ4n) is 4.02. The number of carboxylic acid groups (broad SMARTS) is 1. The molecule has 0 aromatic heterocycles. The summed E-state index contributed by atoms with van der Waals surface area (Å²) >= 11 is 0. The quantitative estimate of drug-likeness (QED) is 0.669. The van der Waals surface area contributed by atoms with Crippen molar-refractivity contribution < 1.29 is 29.3 Å². The van der Waals surface area contributed by atoms with Gasteiger partial charge in [-0.25, -0.2) is 4.79 Å². The summed E-state index contributed by atoms with van der Waals surface area (Å²) in [6.45, 7) is 2.57. The van der Waals surface area contributed by atoms with E-state index in [1.165, 1.54) is 0 Å². The largest absolute Gasteiger partial charge is 0.480 e. The Balaban J connectivity index is 2.09. The van der Waals surface area contributed by atoms with Gasteiger partial charge in [-0.2, -0.15) is 0 Å². The number of hydrogen-bond donors (Lipinski definition) is 2. The van der Waals surface area contributed by atoms with Crippen LogP contribution in [0.2, 0.25) is 0 Å². The van der Waals surface area contributed by atoms with Crippen LogP contribution in [0.4, 0.5) is 0 Å². The highest BCUT2D eigenvalue weighted by Crippen LogP contribution is 2.64. The zero-order valence-electron chi connectivity index (χ0n) is 11.3. The first-order valence-electron chi connectivity index (χ1n) is 6.67. The lowest BCUT2D eigenvalue weighted by molar-refractivity contribution is -0.159. The summed E-state index contributed by atoms with van der Waals surface area (Å²) in [7, 11) is 0. The fourth-order valence-corrected chi connectivity index (χ4v) is 4.02. The van der Waals surface area contributed by atoms with Crippen molar-refractivity contribution in [2.24, 2.45) is 10.8 Å². The van der Waals surface area contributed by atoms with Crippen LogP contribution in [0, 0.1) is 10.8 Å². The third kappa shape index (κ3) is 1.16. The summed E-state index contributed by atoms with van der Waals surface area (Å²) in [5.41, 5.74) is -2.06. The molecule has 3 fully saturated rings. The number of ether oxygens (including phenoxy) is 1. The van der Waals surface area contributed by atoms with Crippen LogP contribution >= 0.6 is 0 Å². The average molecular weight is 283 g/mol. The molecule has 3 saturated heterocycles. The van der Waals surface area contributed by atoms with Crippen molar-refractivity contribution in [3.05, 3.63) is 0 Å². The molecule has 0 spiro atoms. The van der Waals surface area contributed by atoms with Crippen molar-refractivity contribution in [3.8, 4) is 0 Å². The molecule has 3 aliphatic rings. The van der Waals surface area contributed by atoms with E-state index in [1.807, 2.05) is 0 Å². The van der Waals surface area contributed by atoms with Gasteiger partial charge in [0, 0.05) is 0 Å². The number of aliphatic hydroxyl groups excluding tert-OH is 1. The molecule has 2 bridgehead atoms. The molecule has 7 nitrogen and oxygen atoms in total. The fraction of sp³-hybridized carbons (Fsp3) is 0.769. The van der Waals surface area contributed by atoms with E-state index in [4.69, 9.17) is 9.84 Å². The molecule has 0 aromatic carbocycles. The second kappa shape index (κ2) is 3.79.